The molecule has 1 aliphatic carbocycles. The number of ether oxygens (including phenoxy) is 2. The molecular formula is C15H15NO5. The summed E-state index contributed by atoms with van der Waals surface area (Å²) in [6.45, 7) is 0. The Morgan fingerprint density at radius 2 is 1.95 bits per heavy atom. The summed E-state index contributed by atoms with van der Waals surface area (Å²) in [5, 5.41) is 11.3. The van der Waals surface area contributed by atoms with Crippen LogP contribution in [0.4, 0.5) is 0 Å². The SMILES string of the molecule is COC(=O)C1(OC)CC=CC([N+](=O)[O-])=C1c1ccccc1. The summed E-state index contributed by atoms with van der Waals surface area (Å²) in [5.41, 5.74) is -0.904. The van der Waals surface area contributed by atoms with Gasteiger partial charge in [0.05, 0.1) is 17.6 Å². The fourth-order valence-corrected chi connectivity index (χ4v) is 2.49. The highest BCUT2D eigenvalue weighted by atomic mass is 16.6. The Kier molecular flexibility index (Phi) is 4.18. The van der Waals surface area contributed by atoms with Crippen LogP contribution in [-0.4, -0.2) is 30.7 Å². The van der Waals surface area contributed by atoms with Crippen molar-refractivity contribution in [2.75, 3.05) is 14.2 Å². The largest absolute Gasteiger partial charge is 0.467 e. The van der Waals surface area contributed by atoms with Gasteiger partial charge in [0, 0.05) is 19.6 Å². The van der Waals surface area contributed by atoms with Gasteiger partial charge in [-0.2, -0.15) is 0 Å². The Labute approximate surface area is 121 Å². The van der Waals surface area contributed by atoms with Gasteiger partial charge >= 0.3 is 5.97 Å². The number of methoxy groups -OCH3 is 2. The van der Waals surface area contributed by atoms with E-state index in [0.717, 1.165) is 0 Å². The van der Waals surface area contributed by atoms with E-state index >= 15 is 0 Å². The van der Waals surface area contributed by atoms with Crippen LogP contribution in [0.15, 0.2) is 48.2 Å². The van der Waals surface area contributed by atoms with E-state index in [1.807, 2.05) is 0 Å². The minimum atomic E-state index is -1.51. The summed E-state index contributed by atoms with van der Waals surface area (Å²) in [6, 6.07) is 8.69. The monoisotopic (exact) mass is 289 g/mol. The van der Waals surface area contributed by atoms with Crippen LogP contribution < -0.4 is 0 Å². The fourth-order valence-electron chi connectivity index (χ4n) is 2.49. The van der Waals surface area contributed by atoms with Crippen molar-refractivity contribution in [3.05, 3.63) is 63.9 Å². The second kappa shape index (κ2) is 5.88. The van der Waals surface area contributed by atoms with Gasteiger partial charge in [-0.25, -0.2) is 4.79 Å². The molecular weight excluding hydrogens is 274 g/mol. The summed E-state index contributed by atoms with van der Waals surface area (Å²) in [7, 11) is 2.58. The quantitative estimate of drug-likeness (QED) is 0.482. The lowest BCUT2D eigenvalue weighted by Crippen LogP contribution is -2.44. The molecule has 0 aliphatic heterocycles. The molecule has 6 heteroatoms. The summed E-state index contributed by atoms with van der Waals surface area (Å²) in [4.78, 5) is 23.1. The van der Waals surface area contributed by atoms with Crippen molar-refractivity contribution in [3.63, 3.8) is 0 Å². The van der Waals surface area contributed by atoms with E-state index in [4.69, 9.17) is 9.47 Å². The maximum absolute atomic E-state index is 12.2. The molecule has 1 aliphatic rings. The van der Waals surface area contributed by atoms with Gasteiger partial charge in [0.25, 0.3) is 5.70 Å². The van der Waals surface area contributed by atoms with E-state index in [9.17, 15) is 14.9 Å². The first-order chi connectivity index (χ1) is 10.1. The molecule has 6 nitrogen and oxygen atoms in total. The van der Waals surface area contributed by atoms with Crippen molar-refractivity contribution in [3.8, 4) is 0 Å². The number of hydrogen-bond acceptors (Lipinski definition) is 5. The molecule has 0 saturated carbocycles. The predicted molar refractivity (Wildman–Crippen MR) is 75.9 cm³/mol. The molecule has 1 aromatic carbocycles. The molecule has 0 aromatic heterocycles. The van der Waals surface area contributed by atoms with Crippen LogP contribution in [-0.2, 0) is 14.3 Å². The van der Waals surface area contributed by atoms with Crippen molar-refractivity contribution in [2.45, 2.75) is 12.0 Å². The third kappa shape index (κ3) is 2.45. The first-order valence-electron chi connectivity index (χ1n) is 6.31. The Bertz CT molecular complexity index is 620. The Hall–Kier alpha value is -2.47. The Balaban J connectivity index is 2.75. The lowest BCUT2D eigenvalue weighted by Gasteiger charge is -2.32. The first-order valence-corrected chi connectivity index (χ1v) is 6.31. The van der Waals surface area contributed by atoms with Crippen molar-refractivity contribution in [1.82, 2.24) is 0 Å². The van der Waals surface area contributed by atoms with Crippen LogP contribution in [0.2, 0.25) is 0 Å². The molecule has 0 bridgehead atoms. The van der Waals surface area contributed by atoms with Crippen molar-refractivity contribution >= 4 is 11.5 Å². The van der Waals surface area contributed by atoms with Crippen molar-refractivity contribution in [1.29, 1.82) is 0 Å². The van der Waals surface area contributed by atoms with Crippen LogP contribution >= 0.6 is 0 Å². The first kappa shape index (κ1) is 14.9. The number of allylic oxidation sites excluding steroid dienone is 1. The van der Waals surface area contributed by atoms with Gasteiger partial charge in [-0.3, -0.25) is 10.1 Å². The Morgan fingerprint density at radius 1 is 1.29 bits per heavy atom. The van der Waals surface area contributed by atoms with Crippen LogP contribution in [0.25, 0.3) is 5.57 Å². The zero-order valence-corrected chi connectivity index (χ0v) is 11.7. The second-order valence-corrected chi connectivity index (χ2v) is 4.51. The maximum atomic E-state index is 12.2. The molecule has 21 heavy (non-hydrogen) atoms. The number of rotatable bonds is 4. The summed E-state index contributed by atoms with van der Waals surface area (Å²) >= 11 is 0. The highest BCUT2D eigenvalue weighted by Gasteiger charge is 2.49. The van der Waals surface area contributed by atoms with Gasteiger partial charge in [-0.05, 0) is 5.56 Å². The van der Waals surface area contributed by atoms with E-state index in [0.29, 0.717) is 5.56 Å². The van der Waals surface area contributed by atoms with Gasteiger partial charge in [-0.1, -0.05) is 36.4 Å². The molecule has 1 atom stereocenters. The average Bonchev–Trinajstić information content (AvgIpc) is 2.53. The third-order valence-electron chi connectivity index (χ3n) is 3.46. The normalized spacial score (nSPS) is 21.2. The number of hydrogen-bond donors (Lipinski definition) is 0. The summed E-state index contributed by atoms with van der Waals surface area (Å²) in [5.74, 6) is -0.660. The van der Waals surface area contributed by atoms with Gasteiger partial charge in [0.2, 0.25) is 5.60 Å². The van der Waals surface area contributed by atoms with Crippen LogP contribution in [0.1, 0.15) is 12.0 Å². The van der Waals surface area contributed by atoms with Crippen LogP contribution in [0, 0.1) is 10.1 Å². The third-order valence-corrected chi connectivity index (χ3v) is 3.46. The minimum Gasteiger partial charge on any atom is -0.467 e. The highest BCUT2D eigenvalue weighted by Crippen LogP contribution is 2.40. The molecule has 0 saturated heterocycles. The molecule has 0 spiro atoms. The van der Waals surface area contributed by atoms with Gasteiger partial charge in [0.15, 0.2) is 0 Å². The fraction of sp³-hybridized carbons (Fsp3) is 0.267. The zero-order valence-electron chi connectivity index (χ0n) is 11.7. The Morgan fingerprint density at radius 3 is 2.48 bits per heavy atom. The second-order valence-electron chi connectivity index (χ2n) is 4.51. The smallest absolute Gasteiger partial charge is 0.343 e. The molecule has 0 amide bonds. The zero-order chi connectivity index (χ0) is 15.5. The number of nitro groups is 1. The minimum absolute atomic E-state index is 0.167. The lowest BCUT2D eigenvalue weighted by atomic mass is 9.80. The van der Waals surface area contributed by atoms with E-state index in [1.54, 1.807) is 36.4 Å². The number of carbonyl (C=O) groups is 1. The van der Waals surface area contributed by atoms with E-state index in [-0.39, 0.29) is 17.7 Å². The van der Waals surface area contributed by atoms with Crippen LogP contribution in [0.5, 0.6) is 0 Å². The number of nitrogens with zero attached hydrogens (tertiary/aromatic N) is 1. The predicted octanol–water partition coefficient (Wildman–Crippen LogP) is 2.19. The van der Waals surface area contributed by atoms with Gasteiger partial charge in [-0.15, -0.1) is 0 Å². The van der Waals surface area contributed by atoms with E-state index in [2.05, 4.69) is 0 Å². The molecule has 0 fully saturated rings. The average molecular weight is 289 g/mol. The summed E-state index contributed by atoms with van der Waals surface area (Å²) < 4.78 is 10.2. The molecule has 2 rings (SSSR count). The number of esters is 1. The number of carbonyl (C=O) groups excluding carboxylic acids is 1. The maximum Gasteiger partial charge on any atom is 0.343 e. The highest BCUT2D eigenvalue weighted by molar-refractivity contribution is 5.98. The topological polar surface area (TPSA) is 78.7 Å². The molecule has 110 valence electrons. The van der Waals surface area contributed by atoms with Gasteiger partial charge in [0.1, 0.15) is 0 Å². The lowest BCUT2D eigenvalue weighted by molar-refractivity contribution is -0.418. The van der Waals surface area contributed by atoms with Gasteiger partial charge < -0.3 is 9.47 Å². The van der Waals surface area contributed by atoms with E-state index < -0.39 is 16.5 Å². The van der Waals surface area contributed by atoms with Crippen molar-refractivity contribution in [2.24, 2.45) is 0 Å². The molecule has 0 N–H and O–H groups in total. The molecule has 1 aromatic rings. The van der Waals surface area contributed by atoms with Crippen LogP contribution in [0.3, 0.4) is 0 Å². The summed E-state index contributed by atoms with van der Waals surface area (Å²) in [6.07, 6.45) is 3.12. The van der Waals surface area contributed by atoms with E-state index in [1.165, 1.54) is 20.3 Å². The molecule has 1 unspecified atom stereocenters. The molecule has 0 heterocycles. The number of benzene rings is 1. The standard InChI is InChI=1S/C15H15NO5/c1-20-14(17)15(21-2)10-6-9-12(16(18)19)13(15)11-7-4-3-5-8-11/h3-9H,10H2,1-2H3. The molecule has 0 radical (unpaired) electrons. The van der Waals surface area contributed by atoms with Crippen molar-refractivity contribution < 1.29 is 19.2 Å².